The number of amides is 2. The second-order valence-corrected chi connectivity index (χ2v) is 4.79. The van der Waals surface area contributed by atoms with Crippen molar-refractivity contribution in [3.05, 3.63) is 18.2 Å². The van der Waals surface area contributed by atoms with Gasteiger partial charge in [-0.3, -0.25) is 4.55 Å². The number of hydrogen-bond donors (Lipinski definition) is 5. The molecule has 0 atom stereocenters. The smallest absolute Gasteiger partial charge is 0.319 e. The molecule has 0 aliphatic carbocycles. The molecule has 0 bridgehead atoms. The first-order valence-corrected chi connectivity index (χ1v) is 6.40. The number of nitrogen functional groups attached to an aromatic ring is 1. The van der Waals surface area contributed by atoms with Crippen molar-refractivity contribution in [2.45, 2.75) is 4.90 Å². The predicted molar refractivity (Wildman–Crippen MR) is 66.7 cm³/mol. The number of urea groups is 1. The van der Waals surface area contributed by atoms with Crippen LogP contribution in [0.3, 0.4) is 0 Å². The Morgan fingerprint density at radius 3 is 2.61 bits per heavy atom. The molecule has 0 spiro atoms. The lowest BCUT2D eigenvalue weighted by Gasteiger charge is -2.09. The molecule has 0 aliphatic heterocycles. The molecular formula is C9H14N4O4S. The summed E-state index contributed by atoms with van der Waals surface area (Å²) in [6, 6.07) is 3.20. The summed E-state index contributed by atoms with van der Waals surface area (Å²) in [4.78, 5) is 10.8. The highest BCUT2D eigenvalue weighted by molar-refractivity contribution is 7.86. The maximum absolute atomic E-state index is 11.3. The van der Waals surface area contributed by atoms with Crippen LogP contribution in [0.15, 0.2) is 23.1 Å². The molecule has 0 radical (unpaired) electrons. The summed E-state index contributed by atoms with van der Waals surface area (Å²) >= 11 is 0. The second-order valence-electron chi connectivity index (χ2n) is 3.40. The summed E-state index contributed by atoms with van der Waals surface area (Å²) in [6.07, 6.45) is 0. The van der Waals surface area contributed by atoms with E-state index in [1.165, 1.54) is 12.1 Å². The summed E-state index contributed by atoms with van der Waals surface area (Å²) in [5, 5.41) is 4.82. The highest BCUT2D eigenvalue weighted by atomic mass is 32.2. The molecule has 18 heavy (non-hydrogen) atoms. The van der Waals surface area contributed by atoms with Gasteiger partial charge in [-0.25, -0.2) is 4.79 Å². The number of hydrogen-bond acceptors (Lipinski definition) is 5. The van der Waals surface area contributed by atoms with Gasteiger partial charge in [0.1, 0.15) is 4.90 Å². The zero-order valence-electron chi connectivity index (χ0n) is 9.38. The molecule has 0 saturated carbocycles. The van der Waals surface area contributed by atoms with Crippen molar-refractivity contribution in [1.29, 1.82) is 0 Å². The molecule has 100 valence electrons. The SMILES string of the molecule is NCCNC(=O)Nc1ccc(N)c(S(=O)(=O)O)c1. The van der Waals surface area contributed by atoms with Gasteiger partial charge >= 0.3 is 6.03 Å². The second kappa shape index (κ2) is 5.67. The summed E-state index contributed by atoms with van der Waals surface area (Å²) < 4.78 is 30.9. The van der Waals surface area contributed by atoms with Crippen LogP contribution in [-0.4, -0.2) is 32.1 Å². The van der Waals surface area contributed by atoms with E-state index in [9.17, 15) is 13.2 Å². The van der Waals surface area contributed by atoms with Crippen LogP contribution in [0.25, 0.3) is 0 Å². The zero-order valence-corrected chi connectivity index (χ0v) is 10.2. The Morgan fingerprint density at radius 2 is 2.06 bits per heavy atom. The van der Waals surface area contributed by atoms with Gasteiger partial charge in [0.2, 0.25) is 0 Å². The monoisotopic (exact) mass is 274 g/mol. The topological polar surface area (TPSA) is 148 Å². The van der Waals surface area contributed by atoms with Crippen molar-refractivity contribution >= 4 is 27.5 Å². The molecule has 0 unspecified atom stereocenters. The Hall–Kier alpha value is -1.84. The highest BCUT2D eigenvalue weighted by Crippen LogP contribution is 2.22. The fraction of sp³-hybridized carbons (Fsp3) is 0.222. The van der Waals surface area contributed by atoms with Gasteiger partial charge in [0, 0.05) is 18.8 Å². The van der Waals surface area contributed by atoms with Gasteiger partial charge in [0.25, 0.3) is 10.1 Å². The van der Waals surface area contributed by atoms with E-state index in [4.69, 9.17) is 16.0 Å². The fourth-order valence-electron chi connectivity index (χ4n) is 1.20. The lowest BCUT2D eigenvalue weighted by Crippen LogP contribution is -2.32. The Bertz CT molecular complexity index is 543. The number of rotatable bonds is 4. The van der Waals surface area contributed by atoms with Crippen LogP contribution in [0.5, 0.6) is 0 Å². The Kier molecular flexibility index (Phi) is 4.48. The first kappa shape index (κ1) is 14.2. The maximum Gasteiger partial charge on any atom is 0.319 e. The third-order valence-corrected chi connectivity index (χ3v) is 2.89. The number of carbonyl (C=O) groups is 1. The van der Waals surface area contributed by atoms with Crippen molar-refractivity contribution in [3.63, 3.8) is 0 Å². The van der Waals surface area contributed by atoms with Crippen LogP contribution in [0.1, 0.15) is 0 Å². The van der Waals surface area contributed by atoms with Crippen molar-refractivity contribution < 1.29 is 17.8 Å². The number of carbonyl (C=O) groups excluding carboxylic acids is 1. The fourth-order valence-corrected chi connectivity index (χ4v) is 1.84. The first-order valence-electron chi connectivity index (χ1n) is 4.96. The summed E-state index contributed by atoms with van der Waals surface area (Å²) in [5.74, 6) is 0. The van der Waals surface area contributed by atoms with Gasteiger partial charge in [0.15, 0.2) is 0 Å². The number of nitrogens with one attached hydrogen (secondary N) is 2. The number of anilines is 2. The molecule has 0 heterocycles. The molecule has 1 rings (SSSR count). The Labute approximate surface area is 104 Å². The van der Waals surface area contributed by atoms with Gasteiger partial charge in [-0.2, -0.15) is 8.42 Å². The molecule has 0 aromatic heterocycles. The summed E-state index contributed by atoms with van der Waals surface area (Å²) in [6.45, 7) is 0.567. The minimum absolute atomic E-state index is 0.106. The summed E-state index contributed by atoms with van der Waals surface area (Å²) in [5.41, 5.74) is 10.7. The van der Waals surface area contributed by atoms with Crippen molar-refractivity contribution in [1.82, 2.24) is 5.32 Å². The van der Waals surface area contributed by atoms with E-state index in [2.05, 4.69) is 10.6 Å². The molecule has 0 fully saturated rings. The van der Waals surface area contributed by atoms with Crippen LogP contribution in [0.2, 0.25) is 0 Å². The van der Waals surface area contributed by atoms with E-state index in [1.807, 2.05) is 0 Å². The highest BCUT2D eigenvalue weighted by Gasteiger charge is 2.15. The lowest BCUT2D eigenvalue weighted by molar-refractivity contribution is 0.252. The van der Waals surface area contributed by atoms with Crippen LogP contribution in [0, 0.1) is 0 Å². The van der Waals surface area contributed by atoms with Gasteiger partial charge in [0.05, 0.1) is 5.69 Å². The minimum Gasteiger partial charge on any atom is -0.398 e. The lowest BCUT2D eigenvalue weighted by atomic mass is 10.3. The van der Waals surface area contributed by atoms with Gasteiger partial charge in [-0.15, -0.1) is 0 Å². The molecule has 2 amide bonds. The normalized spacial score (nSPS) is 11.0. The minimum atomic E-state index is -4.43. The first-order chi connectivity index (χ1) is 8.34. The van der Waals surface area contributed by atoms with E-state index in [0.29, 0.717) is 0 Å². The van der Waals surface area contributed by atoms with Crippen molar-refractivity contribution in [2.75, 3.05) is 24.1 Å². The summed E-state index contributed by atoms with van der Waals surface area (Å²) in [7, 11) is -4.43. The van der Waals surface area contributed by atoms with Crippen LogP contribution >= 0.6 is 0 Å². The molecular weight excluding hydrogens is 260 g/mol. The molecule has 7 N–H and O–H groups in total. The van der Waals surface area contributed by atoms with E-state index < -0.39 is 21.0 Å². The molecule has 1 aromatic rings. The van der Waals surface area contributed by atoms with E-state index in [1.54, 1.807) is 0 Å². The molecule has 9 heteroatoms. The van der Waals surface area contributed by atoms with Crippen LogP contribution < -0.4 is 22.1 Å². The maximum atomic E-state index is 11.3. The van der Waals surface area contributed by atoms with E-state index in [-0.39, 0.29) is 24.5 Å². The quantitative estimate of drug-likeness (QED) is 0.372. The van der Waals surface area contributed by atoms with Crippen molar-refractivity contribution in [3.8, 4) is 0 Å². The third-order valence-electron chi connectivity index (χ3n) is 1.98. The van der Waals surface area contributed by atoms with Gasteiger partial charge in [-0.1, -0.05) is 0 Å². The number of nitrogens with two attached hydrogens (primary N) is 2. The zero-order chi connectivity index (χ0) is 13.8. The number of benzene rings is 1. The van der Waals surface area contributed by atoms with Crippen LogP contribution in [-0.2, 0) is 10.1 Å². The predicted octanol–water partition coefficient (Wildman–Crippen LogP) is -0.404. The Balaban J connectivity index is 2.90. The molecule has 0 saturated heterocycles. The third kappa shape index (κ3) is 3.87. The van der Waals surface area contributed by atoms with Crippen LogP contribution in [0.4, 0.5) is 16.2 Å². The van der Waals surface area contributed by atoms with Gasteiger partial charge in [-0.05, 0) is 18.2 Å². The Morgan fingerprint density at radius 1 is 1.39 bits per heavy atom. The van der Waals surface area contributed by atoms with E-state index in [0.717, 1.165) is 6.07 Å². The van der Waals surface area contributed by atoms with Crippen molar-refractivity contribution in [2.24, 2.45) is 5.73 Å². The van der Waals surface area contributed by atoms with Gasteiger partial charge < -0.3 is 22.1 Å². The molecule has 1 aromatic carbocycles. The average Bonchev–Trinajstić information content (AvgIpc) is 2.27. The molecule has 8 nitrogen and oxygen atoms in total. The molecule has 0 aliphatic rings. The average molecular weight is 274 g/mol. The largest absolute Gasteiger partial charge is 0.398 e. The van der Waals surface area contributed by atoms with E-state index >= 15 is 0 Å². The standard InChI is InChI=1S/C9H14N4O4S/c10-3-4-12-9(14)13-6-1-2-7(11)8(5-6)18(15,16)17/h1-2,5H,3-4,10-11H2,(H2,12,13,14)(H,15,16,17).